The van der Waals surface area contributed by atoms with Gasteiger partial charge in [0.05, 0.1) is 5.69 Å². The molecule has 0 unspecified atom stereocenters. The minimum Gasteiger partial charge on any atom is -0.476 e. The Morgan fingerprint density at radius 1 is 1.38 bits per heavy atom. The van der Waals surface area contributed by atoms with Crippen molar-refractivity contribution >= 4 is 23.6 Å². The zero-order valence-corrected chi connectivity index (χ0v) is 11.6. The summed E-state index contributed by atoms with van der Waals surface area (Å²) in [7, 11) is 1.69. The summed E-state index contributed by atoms with van der Waals surface area (Å²) in [6.45, 7) is 1.01. The highest BCUT2D eigenvalue weighted by Crippen LogP contribution is 2.13. The van der Waals surface area contributed by atoms with Gasteiger partial charge < -0.3 is 20.2 Å². The molecule has 3 amide bonds. The Balaban J connectivity index is 2.11. The Hall–Kier alpha value is -2.64. The maximum absolute atomic E-state index is 12.2. The number of rotatable bonds is 2. The van der Waals surface area contributed by atoms with Gasteiger partial charge in [0.25, 0.3) is 0 Å². The van der Waals surface area contributed by atoms with Crippen LogP contribution in [0.4, 0.5) is 10.5 Å². The quantitative estimate of drug-likeness (QED) is 0.825. The molecule has 1 aromatic rings. The molecule has 0 aliphatic carbocycles. The van der Waals surface area contributed by atoms with E-state index < -0.39 is 12.0 Å². The lowest BCUT2D eigenvalue weighted by atomic mass is 10.3. The molecule has 8 nitrogen and oxygen atoms in total. The number of hydrogen-bond donors (Lipinski definition) is 2. The lowest BCUT2D eigenvalue weighted by molar-refractivity contribution is -0.129. The molecule has 21 heavy (non-hydrogen) atoms. The van der Waals surface area contributed by atoms with E-state index in [1.807, 2.05) is 0 Å². The van der Waals surface area contributed by atoms with Gasteiger partial charge in [0.1, 0.15) is 6.54 Å². The van der Waals surface area contributed by atoms with E-state index in [0.29, 0.717) is 19.5 Å². The summed E-state index contributed by atoms with van der Waals surface area (Å²) < 4.78 is 0. The molecule has 0 spiro atoms. The molecule has 1 aromatic heterocycles. The third-order valence-corrected chi connectivity index (χ3v) is 3.21. The van der Waals surface area contributed by atoms with Crippen molar-refractivity contribution in [2.45, 2.75) is 6.42 Å². The number of carboxylic acids is 1. The largest absolute Gasteiger partial charge is 0.476 e. The molecular formula is C13H16N4O4. The SMILES string of the molecule is CN1CCCN(C(=O)Nc2cccnc2C(=O)O)CC1=O. The van der Waals surface area contributed by atoms with E-state index in [4.69, 9.17) is 5.11 Å². The number of pyridine rings is 1. The number of nitrogens with zero attached hydrogens (tertiary/aromatic N) is 3. The number of carbonyl (C=O) groups is 3. The monoisotopic (exact) mass is 292 g/mol. The van der Waals surface area contributed by atoms with Crippen LogP contribution in [0.15, 0.2) is 18.3 Å². The molecule has 1 aliphatic rings. The first kappa shape index (κ1) is 14.8. The van der Waals surface area contributed by atoms with Gasteiger partial charge in [-0.25, -0.2) is 14.6 Å². The van der Waals surface area contributed by atoms with Crippen LogP contribution in [-0.2, 0) is 4.79 Å². The lowest BCUT2D eigenvalue weighted by Crippen LogP contribution is -2.40. The second kappa shape index (κ2) is 6.21. The summed E-state index contributed by atoms with van der Waals surface area (Å²) in [5.41, 5.74) is -0.121. The summed E-state index contributed by atoms with van der Waals surface area (Å²) in [6.07, 6.45) is 2.01. The molecule has 0 atom stereocenters. The molecule has 0 bridgehead atoms. The average molecular weight is 292 g/mol. The van der Waals surface area contributed by atoms with Crippen LogP contribution in [-0.4, -0.2) is 64.5 Å². The zero-order chi connectivity index (χ0) is 15.4. The first-order valence-electron chi connectivity index (χ1n) is 6.47. The third kappa shape index (κ3) is 3.47. The molecule has 112 valence electrons. The minimum atomic E-state index is -1.22. The van der Waals surface area contributed by atoms with Crippen molar-refractivity contribution < 1.29 is 19.5 Å². The van der Waals surface area contributed by atoms with Crippen molar-refractivity contribution in [1.29, 1.82) is 0 Å². The molecule has 2 N–H and O–H groups in total. The van der Waals surface area contributed by atoms with E-state index in [0.717, 1.165) is 0 Å². The van der Waals surface area contributed by atoms with Crippen molar-refractivity contribution in [3.8, 4) is 0 Å². The number of amides is 3. The maximum Gasteiger partial charge on any atom is 0.356 e. The van der Waals surface area contributed by atoms with Crippen LogP contribution in [0.1, 0.15) is 16.9 Å². The molecule has 0 radical (unpaired) electrons. The van der Waals surface area contributed by atoms with E-state index >= 15 is 0 Å². The third-order valence-electron chi connectivity index (χ3n) is 3.21. The van der Waals surface area contributed by atoms with Crippen molar-refractivity contribution in [3.63, 3.8) is 0 Å². The van der Waals surface area contributed by atoms with Crippen molar-refractivity contribution in [2.24, 2.45) is 0 Å². The van der Waals surface area contributed by atoms with Crippen LogP contribution < -0.4 is 5.32 Å². The molecule has 2 heterocycles. The number of hydrogen-bond acceptors (Lipinski definition) is 4. The molecule has 0 aromatic carbocycles. The van der Waals surface area contributed by atoms with Gasteiger partial charge in [0.2, 0.25) is 5.91 Å². The first-order valence-corrected chi connectivity index (χ1v) is 6.47. The van der Waals surface area contributed by atoms with Gasteiger partial charge in [0, 0.05) is 26.3 Å². The molecule has 0 saturated carbocycles. The number of aromatic nitrogens is 1. The highest BCUT2D eigenvalue weighted by molar-refractivity contribution is 5.99. The van der Waals surface area contributed by atoms with Gasteiger partial charge in [-0.15, -0.1) is 0 Å². The van der Waals surface area contributed by atoms with E-state index in [1.165, 1.54) is 23.2 Å². The van der Waals surface area contributed by atoms with E-state index in [-0.39, 0.29) is 23.8 Å². The van der Waals surface area contributed by atoms with Gasteiger partial charge >= 0.3 is 12.0 Å². The fourth-order valence-corrected chi connectivity index (χ4v) is 2.03. The van der Waals surface area contributed by atoms with E-state index in [2.05, 4.69) is 10.3 Å². The van der Waals surface area contributed by atoms with Gasteiger partial charge in [-0.2, -0.15) is 0 Å². The van der Waals surface area contributed by atoms with Crippen LogP contribution >= 0.6 is 0 Å². The highest BCUT2D eigenvalue weighted by Gasteiger charge is 2.24. The lowest BCUT2D eigenvalue weighted by Gasteiger charge is -2.20. The summed E-state index contributed by atoms with van der Waals surface area (Å²) in [4.78, 5) is 41.6. The Morgan fingerprint density at radius 2 is 2.14 bits per heavy atom. The molecule has 1 fully saturated rings. The Morgan fingerprint density at radius 3 is 2.86 bits per heavy atom. The van der Waals surface area contributed by atoms with E-state index in [1.54, 1.807) is 11.9 Å². The summed E-state index contributed by atoms with van der Waals surface area (Å²) in [6, 6.07) is 2.48. The van der Waals surface area contributed by atoms with Crippen LogP contribution in [0, 0.1) is 0 Å². The van der Waals surface area contributed by atoms with Crippen molar-refractivity contribution in [2.75, 3.05) is 32.0 Å². The summed E-state index contributed by atoms with van der Waals surface area (Å²) in [5.74, 6) is -1.37. The Bertz CT molecular complexity index is 575. The van der Waals surface area contributed by atoms with Gasteiger partial charge in [-0.1, -0.05) is 0 Å². The normalized spacial score (nSPS) is 15.6. The molecular weight excluding hydrogens is 276 g/mol. The van der Waals surface area contributed by atoms with Crippen LogP contribution in [0.25, 0.3) is 0 Å². The topological polar surface area (TPSA) is 103 Å². The van der Waals surface area contributed by atoms with Crippen LogP contribution in [0.5, 0.6) is 0 Å². The number of aromatic carboxylic acids is 1. The minimum absolute atomic E-state index is 0.0228. The van der Waals surface area contributed by atoms with Gasteiger partial charge in [-0.05, 0) is 18.6 Å². The zero-order valence-electron chi connectivity index (χ0n) is 11.6. The van der Waals surface area contributed by atoms with Gasteiger partial charge in [-0.3, -0.25) is 4.79 Å². The summed E-state index contributed by atoms with van der Waals surface area (Å²) >= 11 is 0. The fraction of sp³-hybridized carbons (Fsp3) is 0.385. The second-order valence-corrected chi connectivity index (χ2v) is 4.73. The van der Waals surface area contributed by atoms with Gasteiger partial charge in [0.15, 0.2) is 5.69 Å². The first-order chi connectivity index (χ1) is 9.99. The molecule has 2 rings (SSSR count). The number of likely N-dealkylation sites (N-methyl/N-ethyl adjacent to an activating group) is 1. The maximum atomic E-state index is 12.2. The second-order valence-electron chi connectivity index (χ2n) is 4.73. The van der Waals surface area contributed by atoms with Crippen LogP contribution in [0.2, 0.25) is 0 Å². The average Bonchev–Trinajstić information content (AvgIpc) is 2.61. The Kier molecular flexibility index (Phi) is 4.36. The van der Waals surface area contributed by atoms with Crippen molar-refractivity contribution in [1.82, 2.24) is 14.8 Å². The predicted octanol–water partition coefficient (Wildman–Crippen LogP) is 0.476. The van der Waals surface area contributed by atoms with Crippen LogP contribution in [0.3, 0.4) is 0 Å². The standard InChI is InChI=1S/C13H16N4O4/c1-16-6-3-7-17(8-10(16)18)13(21)15-9-4-2-5-14-11(9)12(19)20/h2,4-5H,3,6-8H2,1H3,(H,15,21)(H,19,20). The number of nitrogens with one attached hydrogen (secondary N) is 1. The number of urea groups is 1. The molecule has 1 aliphatic heterocycles. The predicted molar refractivity (Wildman–Crippen MR) is 74.0 cm³/mol. The molecule has 8 heteroatoms. The molecule has 1 saturated heterocycles. The highest BCUT2D eigenvalue weighted by atomic mass is 16.4. The Labute approximate surface area is 121 Å². The van der Waals surface area contributed by atoms with E-state index in [9.17, 15) is 14.4 Å². The number of anilines is 1. The fourth-order valence-electron chi connectivity index (χ4n) is 2.03. The van der Waals surface area contributed by atoms with Crippen molar-refractivity contribution in [3.05, 3.63) is 24.0 Å². The smallest absolute Gasteiger partial charge is 0.356 e. The number of carboxylic acid groups (broad SMARTS) is 1. The summed E-state index contributed by atoms with van der Waals surface area (Å²) in [5, 5.41) is 11.5. The number of carbonyl (C=O) groups excluding carboxylic acids is 2.